The van der Waals surface area contributed by atoms with Crippen molar-refractivity contribution in [2.24, 2.45) is 0 Å². The van der Waals surface area contributed by atoms with Crippen LogP contribution in [0.4, 0.5) is 0 Å². The molecule has 63 heavy (non-hydrogen) atoms. The number of phosphoric acid groups is 1. The Morgan fingerprint density at radius 1 is 0.508 bits per heavy atom. The topological polar surface area (TPSA) is 189 Å². The molecule has 0 aromatic carbocycles. The van der Waals surface area contributed by atoms with Crippen molar-refractivity contribution < 1.29 is 58.0 Å². The maximum Gasteiger partial charge on any atom is 0.472 e. The average Bonchev–Trinajstić information content (AvgIpc) is 3.27. The highest BCUT2D eigenvalue weighted by Crippen LogP contribution is 2.45. The number of hydrogen-bond donors (Lipinski definition) is 5. The van der Waals surface area contributed by atoms with Crippen molar-refractivity contribution in [2.45, 2.75) is 244 Å². The lowest BCUT2D eigenvalue weighted by atomic mass is 10.1. The molecule has 0 aliphatic rings. The minimum Gasteiger partial charge on any atom is -0.462 e. The molecule has 0 fully saturated rings. The second-order valence-corrected chi connectivity index (χ2v) is 18.5. The van der Waals surface area contributed by atoms with E-state index in [0.29, 0.717) is 12.8 Å². The van der Waals surface area contributed by atoms with Crippen molar-refractivity contribution in [2.75, 3.05) is 26.4 Å². The summed E-state index contributed by atoms with van der Waals surface area (Å²) in [6, 6.07) is 0. The Labute approximate surface area is 383 Å². The van der Waals surface area contributed by atoms with Gasteiger partial charge in [-0.15, -0.1) is 0 Å². The van der Waals surface area contributed by atoms with Gasteiger partial charge in [0.2, 0.25) is 0 Å². The molecule has 0 heterocycles. The fraction of sp³-hybridized carbons (Fsp3) is 0.840. The summed E-state index contributed by atoms with van der Waals surface area (Å²) in [6.07, 6.45) is 42.0. The summed E-state index contributed by atoms with van der Waals surface area (Å²) in [7, 11) is -4.98. The zero-order valence-electron chi connectivity index (χ0n) is 39.8. The van der Waals surface area contributed by atoms with Crippen molar-refractivity contribution in [3.8, 4) is 0 Å². The maximum absolute atomic E-state index is 12.7. The van der Waals surface area contributed by atoms with E-state index in [1.165, 1.54) is 141 Å². The molecule has 0 aliphatic heterocycles. The number of aliphatic hydroxyl groups is 4. The van der Waals surface area contributed by atoms with Crippen LogP contribution in [0.2, 0.25) is 0 Å². The van der Waals surface area contributed by atoms with Gasteiger partial charge in [-0.2, -0.15) is 0 Å². The Bertz CT molecular complexity index is 1180. The number of rotatable bonds is 47. The standard InChI is InChI=1S/C50H93O12P/c1-3-5-7-9-11-13-15-17-18-19-20-21-22-23-24-25-26-28-30-32-34-36-38-40-49(55)61-45(44-60-63(57,58)62-47(42-52)50(56)46(53)41-51)43-59-48(54)39-37-35-33-31-29-27-16-14-12-10-8-6-4-2/h15,17,29-32,45-47,50-53,56H,3-14,16,18-28,33-44H2,1-2H3,(H,57,58)/b17-15-,31-29-,32-30-/t45-,46-,47-,50+/m1/s1. The summed E-state index contributed by atoms with van der Waals surface area (Å²) in [6.45, 7) is 1.52. The van der Waals surface area contributed by atoms with Gasteiger partial charge < -0.3 is 34.8 Å². The number of hydrogen-bond acceptors (Lipinski definition) is 11. The Balaban J connectivity index is 4.49. The minimum atomic E-state index is -4.98. The molecule has 0 aromatic rings. The molecule has 1 unspecified atom stereocenters. The molecular formula is C50H93O12P. The first-order valence-corrected chi connectivity index (χ1v) is 26.6. The van der Waals surface area contributed by atoms with Crippen LogP contribution in [0, 0.1) is 0 Å². The number of carbonyl (C=O) groups is 2. The van der Waals surface area contributed by atoms with Crippen LogP contribution in [0.5, 0.6) is 0 Å². The monoisotopic (exact) mass is 917 g/mol. The maximum atomic E-state index is 12.7. The highest BCUT2D eigenvalue weighted by Gasteiger charge is 2.35. The van der Waals surface area contributed by atoms with E-state index in [2.05, 4.69) is 50.3 Å². The van der Waals surface area contributed by atoms with Gasteiger partial charge in [0.05, 0.1) is 19.8 Å². The third-order valence-electron chi connectivity index (χ3n) is 11.0. The quantitative estimate of drug-likeness (QED) is 0.0168. The van der Waals surface area contributed by atoms with Gasteiger partial charge in [-0.3, -0.25) is 18.6 Å². The van der Waals surface area contributed by atoms with Crippen LogP contribution >= 0.6 is 7.82 Å². The van der Waals surface area contributed by atoms with E-state index in [1.807, 2.05) is 0 Å². The number of aliphatic hydroxyl groups excluding tert-OH is 4. The number of carbonyl (C=O) groups excluding carboxylic acids is 2. The van der Waals surface area contributed by atoms with E-state index >= 15 is 0 Å². The molecule has 0 bridgehead atoms. The summed E-state index contributed by atoms with van der Waals surface area (Å²) < 4.78 is 33.3. The Hall–Kier alpha value is -1.89. The lowest BCUT2D eigenvalue weighted by molar-refractivity contribution is -0.161. The summed E-state index contributed by atoms with van der Waals surface area (Å²) in [5.74, 6) is -1.09. The van der Waals surface area contributed by atoms with E-state index in [-0.39, 0.29) is 12.8 Å². The zero-order valence-corrected chi connectivity index (χ0v) is 40.7. The summed E-state index contributed by atoms with van der Waals surface area (Å²) >= 11 is 0. The molecule has 0 aliphatic carbocycles. The van der Waals surface area contributed by atoms with E-state index in [1.54, 1.807) is 0 Å². The first kappa shape index (κ1) is 61.1. The van der Waals surface area contributed by atoms with Gasteiger partial charge in [0.1, 0.15) is 24.9 Å². The van der Waals surface area contributed by atoms with Gasteiger partial charge in [-0.05, 0) is 89.9 Å². The normalized spacial score (nSPS) is 15.0. The average molecular weight is 917 g/mol. The van der Waals surface area contributed by atoms with Gasteiger partial charge >= 0.3 is 19.8 Å². The number of ether oxygens (including phenoxy) is 2. The molecule has 5 atom stereocenters. The van der Waals surface area contributed by atoms with Crippen LogP contribution in [0.25, 0.3) is 0 Å². The number of phosphoric ester groups is 1. The van der Waals surface area contributed by atoms with Crippen LogP contribution < -0.4 is 0 Å². The minimum absolute atomic E-state index is 0.0891. The molecule has 12 nitrogen and oxygen atoms in total. The van der Waals surface area contributed by atoms with Gasteiger partial charge in [-0.25, -0.2) is 4.57 Å². The summed E-state index contributed by atoms with van der Waals surface area (Å²) in [4.78, 5) is 35.5. The third-order valence-corrected chi connectivity index (χ3v) is 12.0. The van der Waals surface area contributed by atoms with Crippen LogP contribution in [-0.4, -0.2) is 88.1 Å². The van der Waals surface area contributed by atoms with Crippen molar-refractivity contribution in [1.29, 1.82) is 0 Å². The smallest absolute Gasteiger partial charge is 0.462 e. The van der Waals surface area contributed by atoms with Crippen molar-refractivity contribution in [1.82, 2.24) is 0 Å². The van der Waals surface area contributed by atoms with E-state index in [9.17, 15) is 34.4 Å². The first-order valence-electron chi connectivity index (χ1n) is 25.1. The van der Waals surface area contributed by atoms with Gasteiger partial charge in [0.15, 0.2) is 6.10 Å². The highest BCUT2D eigenvalue weighted by molar-refractivity contribution is 7.47. The number of esters is 2. The largest absolute Gasteiger partial charge is 0.472 e. The first-order chi connectivity index (χ1) is 30.6. The fourth-order valence-corrected chi connectivity index (χ4v) is 7.95. The van der Waals surface area contributed by atoms with Crippen LogP contribution in [-0.2, 0) is 32.7 Å². The van der Waals surface area contributed by atoms with Crippen molar-refractivity contribution in [3.63, 3.8) is 0 Å². The van der Waals surface area contributed by atoms with Gasteiger partial charge in [0, 0.05) is 12.8 Å². The highest BCUT2D eigenvalue weighted by atomic mass is 31.2. The van der Waals surface area contributed by atoms with E-state index in [4.69, 9.17) is 23.6 Å². The van der Waals surface area contributed by atoms with Crippen molar-refractivity contribution in [3.05, 3.63) is 36.5 Å². The predicted octanol–water partition coefficient (Wildman–Crippen LogP) is 11.8. The SMILES string of the molecule is CCCCCCC/C=C\CCCCCCCCCC/C=C\CCCCC(=O)O[C@H](COC(=O)CCCC/C=C\CCCCCCCCC)COP(=O)(O)O[C@H](CO)[C@@H](O)[C@H](O)CO. The van der Waals surface area contributed by atoms with Crippen LogP contribution in [0.15, 0.2) is 36.5 Å². The van der Waals surface area contributed by atoms with Crippen molar-refractivity contribution >= 4 is 19.8 Å². The van der Waals surface area contributed by atoms with Crippen LogP contribution in [0.3, 0.4) is 0 Å². The fourth-order valence-electron chi connectivity index (χ4n) is 7.00. The van der Waals surface area contributed by atoms with Gasteiger partial charge in [-0.1, -0.05) is 153 Å². The molecular weight excluding hydrogens is 824 g/mol. The molecule has 0 aromatic heterocycles. The molecule has 0 rings (SSSR count). The Kier molecular flexibility index (Phi) is 43.9. The lowest BCUT2D eigenvalue weighted by Gasteiger charge is -2.26. The van der Waals surface area contributed by atoms with Gasteiger partial charge in [0.25, 0.3) is 0 Å². The molecule has 0 saturated heterocycles. The molecule has 0 radical (unpaired) electrons. The second-order valence-electron chi connectivity index (χ2n) is 17.1. The molecule has 0 amide bonds. The summed E-state index contributed by atoms with van der Waals surface area (Å²) in [5, 5.41) is 38.3. The van der Waals surface area contributed by atoms with E-state index in [0.717, 1.165) is 38.5 Å². The molecule has 0 saturated carbocycles. The molecule has 0 spiro atoms. The molecule has 13 heteroatoms. The zero-order chi connectivity index (χ0) is 46.5. The number of unbranched alkanes of at least 4 members (excludes halogenated alkanes) is 25. The van der Waals surface area contributed by atoms with Crippen LogP contribution in [0.1, 0.15) is 219 Å². The number of allylic oxidation sites excluding steroid dienone is 6. The summed E-state index contributed by atoms with van der Waals surface area (Å²) in [5.41, 5.74) is 0. The predicted molar refractivity (Wildman–Crippen MR) is 254 cm³/mol. The van der Waals surface area contributed by atoms with E-state index < -0.39 is 70.6 Å². The molecule has 370 valence electrons. The Morgan fingerprint density at radius 2 is 0.873 bits per heavy atom. The third kappa shape index (κ3) is 41.3. The lowest BCUT2D eigenvalue weighted by Crippen LogP contribution is -2.42. The second kappa shape index (κ2) is 45.3. The molecule has 5 N–H and O–H groups in total. The Morgan fingerprint density at radius 3 is 1.25 bits per heavy atom.